The van der Waals surface area contributed by atoms with Gasteiger partial charge in [0.05, 0.1) is 6.04 Å². The molecule has 1 aromatic heterocycles. The van der Waals surface area contributed by atoms with Crippen molar-refractivity contribution in [3.05, 3.63) is 35.9 Å². The summed E-state index contributed by atoms with van der Waals surface area (Å²) < 4.78 is 4.64. The predicted molar refractivity (Wildman–Crippen MR) is 63.9 cm³/mol. The van der Waals surface area contributed by atoms with Gasteiger partial charge in [0.2, 0.25) is 0 Å². The lowest BCUT2D eigenvalue weighted by Gasteiger charge is -2.23. The summed E-state index contributed by atoms with van der Waals surface area (Å²) in [6.07, 6.45) is 5.40. The van der Waals surface area contributed by atoms with E-state index in [-0.39, 0.29) is 11.9 Å². The fourth-order valence-electron chi connectivity index (χ4n) is 2.82. The molecule has 0 N–H and O–H groups in total. The van der Waals surface area contributed by atoms with Crippen molar-refractivity contribution in [3.8, 4) is 0 Å². The van der Waals surface area contributed by atoms with Crippen LogP contribution in [0.5, 0.6) is 0 Å². The van der Waals surface area contributed by atoms with E-state index in [9.17, 15) is 4.79 Å². The molecule has 0 spiro atoms. The molecule has 90 valence electrons. The van der Waals surface area contributed by atoms with E-state index in [0.29, 0.717) is 22.5 Å². The number of nitrogens with zero attached hydrogens (tertiary/aromatic N) is 3. The van der Waals surface area contributed by atoms with Gasteiger partial charge < -0.3 is 4.90 Å². The van der Waals surface area contributed by atoms with Gasteiger partial charge in [0.15, 0.2) is 0 Å². The zero-order valence-corrected chi connectivity index (χ0v) is 9.61. The monoisotopic (exact) mass is 241 g/mol. The summed E-state index contributed by atoms with van der Waals surface area (Å²) >= 11 is 0. The Kier molecular flexibility index (Phi) is 1.86. The standard InChI is InChI=1S/C13H11N3O2/c17-13(16-7-8-1-3-10(16)5-8)9-2-4-11-12(6-9)15-18-14-11/h1-4,6,8,10H,5,7H2/t8?,10-/m0/s1. The Bertz CT molecular complexity index is 661. The molecule has 1 aliphatic heterocycles. The number of benzene rings is 1. The first-order valence-electron chi connectivity index (χ1n) is 6.03. The Hall–Kier alpha value is -2.17. The highest BCUT2D eigenvalue weighted by molar-refractivity contribution is 5.97. The average molecular weight is 241 g/mol. The van der Waals surface area contributed by atoms with Crippen molar-refractivity contribution in [1.82, 2.24) is 15.2 Å². The Morgan fingerprint density at radius 3 is 2.94 bits per heavy atom. The molecule has 4 rings (SSSR count). The number of fused-ring (bicyclic) bond motifs is 3. The summed E-state index contributed by atoms with van der Waals surface area (Å²) in [6.45, 7) is 0.828. The van der Waals surface area contributed by atoms with Crippen LogP contribution in [0.25, 0.3) is 11.0 Å². The van der Waals surface area contributed by atoms with Crippen LogP contribution in [0, 0.1) is 5.92 Å². The molecule has 2 bridgehead atoms. The van der Waals surface area contributed by atoms with Gasteiger partial charge >= 0.3 is 0 Å². The third-order valence-corrected chi connectivity index (χ3v) is 3.74. The summed E-state index contributed by atoms with van der Waals surface area (Å²) in [4.78, 5) is 14.3. The maximum atomic E-state index is 12.4. The van der Waals surface area contributed by atoms with Crippen molar-refractivity contribution in [1.29, 1.82) is 0 Å². The summed E-state index contributed by atoms with van der Waals surface area (Å²) in [6, 6.07) is 5.56. The van der Waals surface area contributed by atoms with E-state index in [0.717, 1.165) is 13.0 Å². The molecule has 5 heteroatoms. The maximum absolute atomic E-state index is 12.4. The van der Waals surface area contributed by atoms with Crippen molar-refractivity contribution in [3.63, 3.8) is 0 Å². The summed E-state index contributed by atoms with van der Waals surface area (Å²) in [7, 11) is 0. The number of carbonyl (C=O) groups excluding carboxylic acids is 1. The molecule has 2 aliphatic rings. The number of rotatable bonds is 1. The molecule has 0 saturated carbocycles. The normalized spacial score (nSPS) is 25.2. The van der Waals surface area contributed by atoms with Crippen LogP contribution in [-0.4, -0.2) is 33.7 Å². The van der Waals surface area contributed by atoms with E-state index in [1.807, 2.05) is 4.90 Å². The fraction of sp³-hybridized carbons (Fsp3) is 0.308. The Morgan fingerprint density at radius 2 is 2.17 bits per heavy atom. The van der Waals surface area contributed by atoms with Crippen molar-refractivity contribution in [2.45, 2.75) is 12.5 Å². The van der Waals surface area contributed by atoms with Crippen molar-refractivity contribution < 1.29 is 9.42 Å². The fourth-order valence-corrected chi connectivity index (χ4v) is 2.82. The third-order valence-electron chi connectivity index (χ3n) is 3.74. The van der Waals surface area contributed by atoms with Crippen molar-refractivity contribution in [2.24, 2.45) is 5.92 Å². The lowest BCUT2D eigenvalue weighted by Crippen LogP contribution is -2.35. The SMILES string of the molecule is O=C(c1ccc2nonc2c1)N1CC2C=C[C@H]1C2. The molecule has 1 aromatic carbocycles. The topological polar surface area (TPSA) is 59.2 Å². The molecule has 2 heterocycles. The summed E-state index contributed by atoms with van der Waals surface area (Å²) in [5.41, 5.74) is 1.95. The third kappa shape index (κ3) is 1.30. The minimum Gasteiger partial charge on any atom is -0.332 e. The zero-order valence-electron chi connectivity index (χ0n) is 9.61. The van der Waals surface area contributed by atoms with E-state index >= 15 is 0 Å². The number of hydrogen-bond donors (Lipinski definition) is 0. The second-order valence-electron chi connectivity index (χ2n) is 4.87. The van der Waals surface area contributed by atoms with Crippen molar-refractivity contribution in [2.75, 3.05) is 6.54 Å². The van der Waals surface area contributed by atoms with Crippen LogP contribution in [0.15, 0.2) is 35.0 Å². The van der Waals surface area contributed by atoms with Crippen LogP contribution in [-0.2, 0) is 0 Å². The molecule has 5 nitrogen and oxygen atoms in total. The van der Waals surface area contributed by atoms with Crippen LogP contribution in [0.2, 0.25) is 0 Å². The van der Waals surface area contributed by atoms with Gasteiger partial charge in [0, 0.05) is 12.1 Å². The molecule has 1 unspecified atom stereocenters. The molecule has 0 radical (unpaired) electrons. The van der Waals surface area contributed by atoms with E-state index in [1.165, 1.54) is 0 Å². The van der Waals surface area contributed by atoms with E-state index < -0.39 is 0 Å². The number of amides is 1. The molecule has 18 heavy (non-hydrogen) atoms. The molecule has 1 fully saturated rings. The van der Waals surface area contributed by atoms with E-state index in [4.69, 9.17) is 0 Å². The van der Waals surface area contributed by atoms with Gasteiger partial charge in [-0.1, -0.05) is 12.2 Å². The lowest BCUT2D eigenvalue weighted by molar-refractivity contribution is 0.0754. The molecule has 1 saturated heterocycles. The van der Waals surface area contributed by atoms with Crippen LogP contribution in [0.1, 0.15) is 16.8 Å². The van der Waals surface area contributed by atoms with E-state index in [1.54, 1.807) is 18.2 Å². The quantitative estimate of drug-likeness (QED) is 0.712. The first-order chi connectivity index (χ1) is 8.81. The van der Waals surface area contributed by atoms with Crippen LogP contribution in [0.3, 0.4) is 0 Å². The largest absolute Gasteiger partial charge is 0.332 e. The second-order valence-corrected chi connectivity index (χ2v) is 4.87. The molecule has 2 atom stereocenters. The van der Waals surface area contributed by atoms with Gasteiger partial charge in [-0.25, -0.2) is 4.63 Å². The molecule has 2 aromatic rings. The number of likely N-dealkylation sites (tertiary alicyclic amines) is 1. The van der Waals surface area contributed by atoms with Crippen LogP contribution in [0.4, 0.5) is 0 Å². The van der Waals surface area contributed by atoms with Crippen molar-refractivity contribution >= 4 is 16.9 Å². The zero-order chi connectivity index (χ0) is 12.1. The minimum atomic E-state index is 0.0664. The highest BCUT2D eigenvalue weighted by Gasteiger charge is 2.36. The molecular weight excluding hydrogens is 230 g/mol. The Balaban J connectivity index is 1.69. The maximum Gasteiger partial charge on any atom is 0.254 e. The second kappa shape index (κ2) is 3.41. The molecule has 1 aliphatic carbocycles. The van der Waals surface area contributed by atoms with Crippen LogP contribution < -0.4 is 0 Å². The highest BCUT2D eigenvalue weighted by atomic mass is 16.6. The van der Waals surface area contributed by atoms with Gasteiger partial charge in [0.1, 0.15) is 11.0 Å². The predicted octanol–water partition coefficient (Wildman–Crippen LogP) is 1.62. The van der Waals surface area contributed by atoms with Gasteiger partial charge in [0.25, 0.3) is 5.91 Å². The van der Waals surface area contributed by atoms with Gasteiger partial charge in [-0.3, -0.25) is 4.79 Å². The number of hydrogen-bond acceptors (Lipinski definition) is 4. The van der Waals surface area contributed by atoms with Gasteiger partial charge in [-0.2, -0.15) is 0 Å². The van der Waals surface area contributed by atoms with E-state index in [2.05, 4.69) is 27.1 Å². The van der Waals surface area contributed by atoms with Gasteiger partial charge in [-0.15, -0.1) is 0 Å². The average Bonchev–Trinajstić information content (AvgIpc) is 3.12. The van der Waals surface area contributed by atoms with Gasteiger partial charge in [-0.05, 0) is 40.9 Å². The number of aromatic nitrogens is 2. The lowest BCUT2D eigenvalue weighted by atomic mass is 10.1. The first-order valence-corrected chi connectivity index (χ1v) is 6.03. The number of carbonyl (C=O) groups is 1. The molecule has 1 amide bonds. The van der Waals surface area contributed by atoms with Crippen LogP contribution >= 0.6 is 0 Å². The Morgan fingerprint density at radius 1 is 1.28 bits per heavy atom. The smallest absolute Gasteiger partial charge is 0.254 e. The Labute approximate surface area is 103 Å². The molecular formula is C13H11N3O2. The first kappa shape index (κ1) is 9.82. The summed E-state index contributed by atoms with van der Waals surface area (Å²) in [5.74, 6) is 0.605. The highest BCUT2D eigenvalue weighted by Crippen LogP contribution is 2.32. The minimum absolute atomic E-state index is 0.0664. The summed E-state index contributed by atoms with van der Waals surface area (Å²) in [5, 5.41) is 7.50.